The molecule has 6 heteroatoms. The summed E-state index contributed by atoms with van der Waals surface area (Å²) in [5.74, 6) is 0.565. The molecule has 1 saturated heterocycles. The average molecular weight is 257 g/mol. The number of nitrogen functional groups attached to an aromatic ring is 1. The minimum Gasteiger partial charge on any atom is -0.384 e. The summed E-state index contributed by atoms with van der Waals surface area (Å²) < 4.78 is 0. The van der Waals surface area contributed by atoms with Gasteiger partial charge >= 0.3 is 0 Å². The second-order valence-corrected chi connectivity index (χ2v) is 3.99. The lowest BCUT2D eigenvalue weighted by Crippen LogP contribution is -2.53. The van der Waals surface area contributed by atoms with Crippen LogP contribution in [0.2, 0.25) is 0 Å². The molecule has 1 atom stereocenters. The number of anilines is 1. The fraction of sp³-hybridized carbons (Fsp3) is 0.455. The Bertz CT molecular complexity index is 406. The van der Waals surface area contributed by atoms with Gasteiger partial charge in [0.05, 0.1) is 6.04 Å². The van der Waals surface area contributed by atoms with Crippen LogP contribution < -0.4 is 16.4 Å². The largest absolute Gasteiger partial charge is 0.384 e. The molecule has 94 valence electrons. The minimum absolute atomic E-state index is 0. The molecule has 17 heavy (non-hydrogen) atoms. The van der Waals surface area contributed by atoms with Gasteiger partial charge in [0.2, 0.25) is 5.91 Å². The standard InChI is InChI=1S/C11H16N4O.ClH/c1-7-8(2-3-10(12)15-7)6-14-11(16)9-4-5-13-9;/h2-3,9,13H,4-6H2,1H3,(H2,12,15)(H,14,16);1H. The van der Waals surface area contributed by atoms with Crippen LogP contribution in [0.1, 0.15) is 17.7 Å². The molecule has 0 spiro atoms. The van der Waals surface area contributed by atoms with E-state index in [0.717, 1.165) is 24.2 Å². The SMILES string of the molecule is Cc1nc(N)ccc1CNC(=O)C1CCN1.Cl. The number of nitrogens with zero attached hydrogens (tertiary/aromatic N) is 1. The Morgan fingerprint density at radius 2 is 2.35 bits per heavy atom. The topological polar surface area (TPSA) is 80.0 Å². The Morgan fingerprint density at radius 1 is 1.65 bits per heavy atom. The Labute approximate surface area is 107 Å². The normalized spacial score (nSPS) is 17.8. The van der Waals surface area contributed by atoms with Crippen LogP contribution in [0.4, 0.5) is 5.82 Å². The molecule has 5 nitrogen and oxygen atoms in total. The molecule has 1 aromatic heterocycles. The lowest BCUT2D eigenvalue weighted by atomic mass is 10.1. The third-order valence-electron chi connectivity index (χ3n) is 2.81. The van der Waals surface area contributed by atoms with E-state index in [9.17, 15) is 4.79 Å². The van der Waals surface area contributed by atoms with Crippen molar-refractivity contribution < 1.29 is 4.79 Å². The maximum atomic E-state index is 11.6. The summed E-state index contributed by atoms with van der Waals surface area (Å²) in [6.45, 7) is 3.33. The zero-order valence-electron chi connectivity index (χ0n) is 9.69. The van der Waals surface area contributed by atoms with E-state index >= 15 is 0 Å². The highest BCUT2D eigenvalue weighted by Crippen LogP contribution is 2.08. The van der Waals surface area contributed by atoms with Crippen molar-refractivity contribution in [1.82, 2.24) is 15.6 Å². The minimum atomic E-state index is -0.0120. The fourth-order valence-electron chi connectivity index (χ4n) is 1.61. The highest BCUT2D eigenvalue weighted by atomic mass is 35.5. The zero-order chi connectivity index (χ0) is 11.5. The van der Waals surface area contributed by atoms with Crippen LogP contribution >= 0.6 is 12.4 Å². The van der Waals surface area contributed by atoms with Crippen molar-refractivity contribution in [2.24, 2.45) is 0 Å². The third kappa shape index (κ3) is 3.31. The molecule has 0 saturated carbocycles. The van der Waals surface area contributed by atoms with Crippen LogP contribution in [0, 0.1) is 6.92 Å². The molecule has 1 aliphatic rings. The van der Waals surface area contributed by atoms with Gasteiger partial charge in [0.1, 0.15) is 5.82 Å². The number of halogens is 1. The summed E-state index contributed by atoms with van der Waals surface area (Å²) in [6.07, 6.45) is 0.921. The molecule has 1 aromatic rings. The highest BCUT2D eigenvalue weighted by molar-refractivity contribution is 5.85. The van der Waals surface area contributed by atoms with E-state index in [0.29, 0.717) is 12.4 Å². The maximum absolute atomic E-state index is 11.6. The number of amides is 1. The van der Waals surface area contributed by atoms with Crippen molar-refractivity contribution in [2.75, 3.05) is 12.3 Å². The van der Waals surface area contributed by atoms with Gasteiger partial charge in [-0.2, -0.15) is 0 Å². The van der Waals surface area contributed by atoms with E-state index < -0.39 is 0 Å². The molecule has 1 amide bonds. The van der Waals surface area contributed by atoms with Gasteiger partial charge in [-0.25, -0.2) is 4.98 Å². The predicted octanol–water partition coefficient (Wildman–Crippen LogP) is 0.372. The molecule has 0 aliphatic carbocycles. The number of aryl methyl sites for hydroxylation is 1. The Kier molecular flexibility index (Phi) is 4.72. The lowest BCUT2D eigenvalue weighted by molar-refractivity contribution is -0.124. The van der Waals surface area contributed by atoms with Gasteiger partial charge in [0.25, 0.3) is 0 Å². The second-order valence-electron chi connectivity index (χ2n) is 3.99. The molecule has 2 heterocycles. The number of nitrogens with one attached hydrogen (secondary N) is 2. The molecule has 1 aliphatic heterocycles. The summed E-state index contributed by atoms with van der Waals surface area (Å²) in [5.41, 5.74) is 7.42. The monoisotopic (exact) mass is 256 g/mol. The highest BCUT2D eigenvalue weighted by Gasteiger charge is 2.23. The van der Waals surface area contributed by atoms with Crippen LogP contribution in [0.25, 0.3) is 0 Å². The number of hydrogen-bond donors (Lipinski definition) is 3. The number of carbonyl (C=O) groups is 1. The molecule has 4 N–H and O–H groups in total. The van der Waals surface area contributed by atoms with Crippen LogP contribution in [0.15, 0.2) is 12.1 Å². The van der Waals surface area contributed by atoms with Gasteiger partial charge in [0.15, 0.2) is 0 Å². The number of pyridine rings is 1. The maximum Gasteiger partial charge on any atom is 0.237 e. The van der Waals surface area contributed by atoms with E-state index in [1.807, 2.05) is 13.0 Å². The van der Waals surface area contributed by atoms with Gasteiger partial charge in [-0.3, -0.25) is 4.79 Å². The molecule has 1 unspecified atom stereocenters. The van der Waals surface area contributed by atoms with Crippen molar-refractivity contribution in [1.29, 1.82) is 0 Å². The Morgan fingerprint density at radius 3 is 2.88 bits per heavy atom. The van der Waals surface area contributed by atoms with E-state index in [1.165, 1.54) is 0 Å². The van der Waals surface area contributed by atoms with Crippen molar-refractivity contribution in [2.45, 2.75) is 25.9 Å². The first kappa shape index (κ1) is 13.7. The summed E-state index contributed by atoms with van der Waals surface area (Å²) in [5, 5.41) is 5.94. The second kappa shape index (κ2) is 5.84. The van der Waals surface area contributed by atoms with Crippen LogP contribution in [-0.4, -0.2) is 23.5 Å². The van der Waals surface area contributed by atoms with Crippen molar-refractivity contribution in [3.05, 3.63) is 23.4 Å². The number of carbonyl (C=O) groups excluding carboxylic acids is 1. The summed E-state index contributed by atoms with van der Waals surface area (Å²) in [4.78, 5) is 15.7. The smallest absolute Gasteiger partial charge is 0.237 e. The zero-order valence-corrected chi connectivity index (χ0v) is 10.5. The van der Waals surface area contributed by atoms with E-state index in [-0.39, 0.29) is 24.4 Å². The Balaban J connectivity index is 0.00000144. The quantitative estimate of drug-likeness (QED) is 0.730. The van der Waals surface area contributed by atoms with E-state index in [2.05, 4.69) is 15.6 Å². The summed E-state index contributed by atoms with van der Waals surface area (Å²) in [7, 11) is 0. The molecule has 1 fully saturated rings. The van der Waals surface area contributed by atoms with Gasteiger partial charge in [-0.1, -0.05) is 6.07 Å². The molecule has 0 aromatic carbocycles. The Hall–Kier alpha value is -1.33. The third-order valence-corrected chi connectivity index (χ3v) is 2.81. The predicted molar refractivity (Wildman–Crippen MR) is 68.9 cm³/mol. The first-order chi connectivity index (χ1) is 7.66. The van der Waals surface area contributed by atoms with Gasteiger partial charge in [-0.15, -0.1) is 12.4 Å². The van der Waals surface area contributed by atoms with Crippen LogP contribution in [0.3, 0.4) is 0 Å². The molecular weight excluding hydrogens is 240 g/mol. The first-order valence-electron chi connectivity index (χ1n) is 5.40. The van der Waals surface area contributed by atoms with E-state index in [4.69, 9.17) is 5.73 Å². The van der Waals surface area contributed by atoms with Crippen molar-refractivity contribution >= 4 is 24.1 Å². The van der Waals surface area contributed by atoms with E-state index in [1.54, 1.807) is 6.07 Å². The summed E-state index contributed by atoms with van der Waals surface area (Å²) in [6, 6.07) is 3.63. The average Bonchev–Trinajstić information content (AvgIpc) is 2.13. The van der Waals surface area contributed by atoms with Crippen molar-refractivity contribution in [3.63, 3.8) is 0 Å². The van der Waals surface area contributed by atoms with Gasteiger partial charge < -0.3 is 16.4 Å². The van der Waals surface area contributed by atoms with Crippen molar-refractivity contribution in [3.8, 4) is 0 Å². The molecular formula is C11H17ClN4O. The number of rotatable bonds is 3. The first-order valence-corrected chi connectivity index (χ1v) is 5.40. The van der Waals surface area contributed by atoms with Gasteiger partial charge in [0, 0.05) is 12.2 Å². The lowest BCUT2D eigenvalue weighted by Gasteiger charge is -2.26. The number of nitrogens with two attached hydrogens (primary N) is 1. The molecule has 0 bridgehead atoms. The van der Waals surface area contributed by atoms with Crippen LogP contribution in [-0.2, 0) is 11.3 Å². The summed E-state index contributed by atoms with van der Waals surface area (Å²) >= 11 is 0. The number of hydrogen-bond acceptors (Lipinski definition) is 4. The fourth-order valence-corrected chi connectivity index (χ4v) is 1.61. The van der Waals surface area contributed by atoms with Crippen LogP contribution in [0.5, 0.6) is 0 Å². The number of aromatic nitrogens is 1. The molecule has 2 rings (SSSR count). The van der Waals surface area contributed by atoms with Gasteiger partial charge in [-0.05, 0) is 31.5 Å². The molecule has 0 radical (unpaired) electrons.